The molecule has 0 spiro atoms. The van der Waals surface area contributed by atoms with Crippen LogP contribution in [0.3, 0.4) is 0 Å². The molecule has 0 aliphatic heterocycles. The van der Waals surface area contributed by atoms with Crippen LogP contribution in [0.25, 0.3) is 0 Å². The first kappa shape index (κ1) is 12.0. The summed E-state index contributed by atoms with van der Waals surface area (Å²) in [6.07, 6.45) is 4.11. The predicted octanol–water partition coefficient (Wildman–Crippen LogP) is 1.25. The number of aliphatic hydroxyl groups is 2. The lowest BCUT2D eigenvalue weighted by Crippen LogP contribution is -2.61. The molecular weight excluding hydrogens is 178 g/mol. The zero-order valence-corrected chi connectivity index (χ0v) is 9.51. The second kappa shape index (κ2) is 4.17. The Kier molecular flexibility index (Phi) is 3.56. The van der Waals surface area contributed by atoms with Gasteiger partial charge in [0.15, 0.2) is 0 Å². The summed E-state index contributed by atoms with van der Waals surface area (Å²) in [4.78, 5) is 0. The van der Waals surface area contributed by atoms with Crippen LogP contribution in [-0.4, -0.2) is 28.1 Å². The summed E-state index contributed by atoms with van der Waals surface area (Å²) in [7, 11) is 0. The van der Waals surface area contributed by atoms with Crippen LogP contribution >= 0.6 is 0 Å². The van der Waals surface area contributed by atoms with Crippen LogP contribution in [0.2, 0.25) is 0 Å². The predicted molar refractivity (Wildman–Crippen MR) is 56.9 cm³/mol. The minimum absolute atomic E-state index is 0.0437. The maximum Gasteiger partial charge on any atom is 0.119 e. The van der Waals surface area contributed by atoms with Gasteiger partial charge in [-0.1, -0.05) is 13.3 Å². The van der Waals surface area contributed by atoms with Crippen LogP contribution in [-0.2, 0) is 0 Å². The molecule has 0 radical (unpaired) electrons. The molecule has 3 nitrogen and oxygen atoms in total. The van der Waals surface area contributed by atoms with Crippen LogP contribution in [0.1, 0.15) is 46.5 Å². The summed E-state index contributed by atoms with van der Waals surface area (Å²) in [5.74, 6) is 0.266. The zero-order valence-electron chi connectivity index (χ0n) is 9.51. The molecule has 0 aromatic carbocycles. The van der Waals surface area contributed by atoms with Gasteiger partial charge in [-0.3, -0.25) is 5.32 Å². The van der Waals surface area contributed by atoms with Crippen molar-refractivity contribution in [1.82, 2.24) is 5.32 Å². The summed E-state index contributed by atoms with van der Waals surface area (Å²) >= 11 is 0. The van der Waals surface area contributed by atoms with Crippen LogP contribution in [0.4, 0.5) is 0 Å². The SMILES string of the molecule is CC1CCCCC1(O)NC(C)(C)CO. The molecule has 3 N–H and O–H groups in total. The van der Waals surface area contributed by atoms with Crippen molar-refractivity contribution in [3.8, 4) is 0 Å². The summed E-state index contributed by atoms with van der Waals surface area (Å²) in [5, 5.41) is 22.7. The molecule has 2 atom stereocenters. The highest BCUT2D eigenvalue weighted by molar-refractivity contribution is 4.91. The average Bonchev–Trinajstić information content (AvgIpc) is 2.10. The molecule has 0 saturated heterocycles. The topological polar surface area (TPSA) is 52.5 Å². The Labute approximate surface area is 86.5 Å². The molecule has 1 aliphatic rings. The van der Waals surface area contributed by atoms with Gasteiger partial charge in [0, 0.05) is 5.54 Å². The van der Waals surface area contributed by atoms with E-state index >= 15 is 0 Å². The van der Waals surface area contributed by atoms with E-state index in [1.165, 1.54) is 6.42 Å². The van der Waals surface area contributed by atoms with Crippen LogP contribution < -0.4 is 5.32 Å². The molecule has 1 rings (SSSR count). The normalized spacial score (nSPS) is 34.5. The number of hydrogen-bond donors (Lipinski definition) is 3. The van der Waals surface area contributed by atoms with E-state index in [9.17, 15) is 5.11 Å². The Hall–Kier alpha value is -0.120. The number of nitrogens with one attached hydrogen (secondary N) is 1. The van der Waals surface area contributed by atoms with Gasteiger partial charge in [-0.25, -0.2) is 0 Å². The molecule has 84 valence electrons. The molecule has 3 heteroatoms. The van der Waals surface area contributed by atoms with E-state index in [-0.39, 0.29) is 12.5 Å². The molecular formula is C11H23NO2. The van der Waals surface area contributed by atoms with E-state index in [4.69, 9.17) is 5.11 Å². The first-order chi connectivity index (χ1) is 6.40. The fourth-order valence-electron chi connectivity index (χ4n) is 2.14. The molecule has 14 heavy (non-hydrogen) atoms. The van der Waals surface area contributed by atoms with Crippen molar-refractivity contribution in [3.63, 3.8) is 0 Å². The first-order valence-corrected chi connectivity index (χ1v) is 5.52. The van der Waals surface area contributed by atoms with Crippen molar-refractivity contribution in [2.75, 3.05) is 6.61 Å². The van der Waals surface area contributed by atoms with Crippen molar-refractivity contribution >= 4 is 0 Å². The van der Waals surface area contributed by atoms with Gasteiger partial charge < -0.3 is 10.2 Å². The van der Waals surface area contributed by atoms with Crippen LogP contribution in [0.15, 0.2) is 0 Å². The summed E-state index contributed by atoms with van der Waals surface area (Å²) in [6, 6.07) is 0. The fraction of sp³-hybridized carbons (Fsp3) is 1.00. The molecule has 0 aromatic heterocycles. The fourth-order valence-corrected chi connectivity index (χ4v) is 2.14. The lowest BCUT2D eigenvalue weighted by Gasteiger charge is -2.44. The maximum absolute atomic E-state index is 10.4. The molecule has 1 aliphatic carbocycles. The maximum atomic E-state index is 10.4. The van der Waals surface area contributed by atoms with Gasteiger partial charge in [0.1, 0.15) is 5.72 Å². The van der Waals surface area contributed by atoms with Crippen molar-refractivity contribution < 1.29 is 10.2 Å². The Balaban J connectivity index is 2.63. The van der Waals surface area contributed by atoms with Gasteiger partial charge in [-0.15, -0.1) is 0 Å². The van der Waals surface area contributed by atoms with Crippen LogP contribution in [0, 0.1) is 5.92 Å². The molecule has 2 unspecified atom stereocenters. The highest BCUT2D eigenvalue weighted by atomic mass is 16.3. The summed E-state index contributed by atoms with van der Waals surface area (Å²) in [5.41, 5.74) is -1.19. The van der Waals surface area contributed by atoms with Crippen LogP contribution in [0.5, 0.6) is 0 Å². The number of rotatable bonds is 3. The highest BCUT2D eigenvalue weighted by Gasteiger charge is 2.39. The molecule has 0 aromatic rings. The van der Waals surface area contributed by atoms with Crippen molar-refractivity contribution in [2.24, 2.45) is 5.92 Å². The third-order valence-electron chi connectivity index (χ3n) is 3.21. The lowest BCUT2D eigenvalue weighted by atomic mass is 9.81. The van der Waals surface area contributed by atoms with E-state index in [0.29, 0.717) is 0 Å². The van der Waals surface area contributed by atoms with Gasteiger partial charge in [0.05, 0.1) is 6.61 Å². The Morgan fingerprint density at radius 2 is 2.07 bits per heavy atom. The van der Waals surface area contributed by atoms with E-state index in [1.54, 1.807) is 0 Å². The standard InChI is InChI=1S/C11H23NO2/c1-9-6-4-5-7-11(9,14)12-10(2,3)8-13/h9,12-14H,4-8H2,1-3H3. The zero-order chi connectivity index (χ0) is 10.8. The molecule has 1 fully saturated rings. The van der Waals surface area contributed by atoms with E-state index in [1.807, 2.05) is 13.8 Å². The van der Waals surface area contributed by atoms with Gasteiger partial charge in [0.2, 0.25) is 0 Å². The van der Waals surface area contributed by atoms with Gasteiger partial charge >= 0.3 is 0 Å². The van der Waals surface area contributed by atoms with Crippen molar-refractivity contribution in [3.05, 3.63) is 0 Å². The lowest BCUT2D eigenvalue weighted by molar-refractivity contribution is -0.0940. The minimum atomic E-state index is -0.787. The molecule has 0 heterocycles. The monoisotopic (exact) mass is 201 g/mol. The summed E-state index contributed by atoms with van der Waals surface area (Å²) in [6.45, 7) is 5.93. The second-order valence-electron chi connectivity index (χ2n) is 5.24. The van der Waals surface area contributed by atoms with Crippen molar-refractivity contribution in [1.29, 1.82) is 0 Å². The Morgan fingerprint density at radius 3 is 2.57 bits per heavy atom. The average molecular weight is 201 g/mol. The molecule has 0 bridgehead atoms. The van der Waals surface area contributed by atoms with Gasteiger partial charge in [-0.2, -0.15) is 0 Å². The quantitative estimate of drug-likeness (QED) is 0.602. The second-order valence-corrected chi connectivity index (χ2v) is 5.24. The largest absolute Gasteiger partial charge is 0.394 e. The Morgan fingerprint density at radius 1 is 1.43 bits per heavy atom. The third kappa shape index (κ3) is 2.69. The molecule has 0 amide bonds. The van der Waals surface area contributed by atoms with Gasteiger partial charge in [-0.05, 0) is 39.0 Å². The van der Waals surface area contributed by atoms with Crippen molar-refractivity contribution in [2.45, 2.75) is 57.7 Å². The number of aliphatic hydroxyl groups excluding tert-OH is 1. The third-order valence-corrected chi connectivity index (χ3v) is 3.21. The smallest absolute Gasteiger partial charge is 0.119 e. The highest BCUT2D eigenvalue weighted by Crippen LogP contribution is 2.32. The minimum Gasteiger partial charge on any atom is -0.394 e. The van der Waals surface area contributed by atoms with Gasteiger partial charge in [0.25, 0.3) is 0 Å². The molecule has 1 saturated carbocycles. The van der Waals surface area contributed by atoms with E-state index < -0.39 is 11.3 Å². The first-order valence-electron chi connectivity index (χ1n) is 5.52. The number of hydrogen-bond acceptors (Lipinski definition) is 3. The summed E-state index contributed by atoms with van der Waals surface area (Å²) < 4.78 is 0. The van der Waals surface area contributed by atoms with E-state index in [0.717, 1.165) is 19.3 Å². The Bertz CT molecular complexity index is 194. The van der Waals surface area contributed by atoms with E-state index in [2.05, 4.69) is 12.2 Å².